The Balaban J connectivity index is 1.99. The standard InChI is InChI=1S/C16H19ClN2O/c1-3-9-18-16-6-4-5-13(19-16)11-20-15-8-7-12(2)10-14(15)17/h4-8,10H,3,9,11H2,1-2H3,(H,18,19). The Labute approximate surface area is 124 Å². The van der Waals surface area contributed by atoms with Crippen LogP contribution in [0.25, 0.3) is 0 Å². The molecule has 0 radical (unpaired) electrons. The fourth-order valence-corrected chi connectivity index (χ4v) is 2.08. The molecule has 1 aromatic carbocycles. The molecule has 4 heteroatoms. The summed E-state index contributed by atoms with van der Waals surface area (Å²) >= 11 is 6.14. The molecule has 0 aliphatic rings. The number of ether oxygens (including phenoxy) is 1. The van der Waals surface area contributed by atoms with Crippen molar-refractivity contribution < 1.29 is 4.74 Å². The molecule has 0 fully saturated rings. The van der Waals surface area contributed by atoms with Crippen molar-refractivity contribution in [3.63, 3.8) is 0 Å². The number of aryl methyl sites for hydroxylation is 1. The fourth-order valence-electron chi connectivity index (χ4n) is 1.79. The summed E-state index contributed by atoms with van der Waals surface area (Å²) < 4.78 is 5.72. The fraction of sp³-hybridized carbons (Fsp3) is 0.312. The molecule has 0 bridgehead atoms. The number of rotatable bonds is 6. The molecule has 0 amide bonds. The van der Waals surface area contributed by atoms with Crippen LogP contribution >= 0.6 is 11.6 Å². The lowest BCUT2D eigenvalue weighted by Crippen LogP contribution is -2.05. The zero-order chi connectivity index (χ0) is 14.4. The number of hydrogen-bond donors (Lipinski definition) is 1. The summed E-state index contributed by atoms with van der Waals surface area (Å²) in [6.07, 6.45) is 1.07. The third kappa shape index (κ3) is 4.14. The van der Waals surface area contributed by atoms with Crippen LogP contribution < -0.4 is 10.1 Å². The minimum absolute atomic E-state index is 0.407. The van der Waals surface area contributed by atoms with Crippen LogP contribution in [-0.2, 0) is 6.61 Å². The molecule has 0 aliphatic carbocycles. The third-order valence-corrected chi connectivity index (χ3v) is 3.12. The zero-order valence-electron chi connectivity index (χ0n) is 11.8. The van der Waals surface area contributed by atoms with E-state index >= 15 is 0 Å². The van der Waals surface area contributed by atoms with E-state index in [1.165, 1.54) is 0 Å². The lowest BCUT2D eigenvalue weighted by molar-refractivity contribution is 0.301. The maximum atomic E-state index is 6.14. The van der Waals surface area contributed by atoms with Crippen molar-refractivity contribution >= 4 is 17.4 Å². The molecule has 106 valence electrons. The maximum absolute atomic E-state index is 6.14. The number of anilines is 1. The number of halogens is 1. The van der Waals surface area contributed by atoms with Gasteiger partial charge in [-0.05, 0) is 43.2 Å². The van der Waals surface area contributed by atoms with Crippen LogP contribution in [0.5, 0.6) is 5.75 Å². The molecule has 0 saturated heterocycles. The first-order chi connectivity index (χ1) is 9.69. The summed E-state index contributed by atoms with van der Waals surface area (Å²) in [5, 5.41) is 3.89. The average molecular weight is 291 g/mol. The van der Waals surface area contributed by atoms with E-state index < -0.39 is 0 Å². The van der Waals surface area contributed by atoms with Gasteiger partial charge in [-0.3, -0.25) is 0 Å². The van der Waals surface area contributed by atoms with Gasteiger partial charge in [-0.15, -0.1) is 0 Å². The molecule has 2 rings (SSSR count). The number of aromatic nitrogens is 1. The van der Waals surface area contributed by atoms with Crippen molar-refractivity contribution in [3.05, 3.63) is 52.7 Å². The van der Waals surface area contributed by atoms with Crippen LogP contribution in [0, 0.1) is 6.92 Å². The van der Waals surface area contributed by atoms with E-state index in [0.29, 0.717) is 17.4 Å². The van der Waals surface area contributed by atoms with E-state index in [2.05, 4.69) is 17.2 Å². The van der Waals surface area contributed by atoms with E-state index in [-0.39, 0.29) is 0 Å². The van der Waals surface area contributed by atoms with Gasteiger partial charge in [0.15, 0.2) is 0 Å². The molecule has 1 aromatic heterocycles. The largest absolute Gasteiger partial charge is 0.486 e. The highest BCUT2D eigenvalue weighted by Gasteiger charge is 2.03. The first-order valence-electron chi connectivity index (χ1n) is 6.78. The molecule has 1 N–H and O–H groups in total. The van der Waals surface area contributed by atoms with Crippen LogP contribution in [0.3, 0.4) is 0 Å². The molecule has 0 aliphatic heterocycles. The second-order valence-corrected chi connectivity index (χ2v) is 5.07. The van der Waals surface area contributed by atoms with Gasteiger partial charge in [0.1, 0.15) is 18.2 Å². The van der Waals surface area contributed by atoms with Gasteiger partial charge >= 0.3 is 0 Å². The minimum Gasteiger partial charge on any atom is -0.486 e. The second-order valence-electron chi connectivity index (χ2n) is 4.66. The van der Waals surface area contributed by atoms with Crippen molar-refractivity contribution in [2.24, 2.45) is 0 Å². The van der Waals surface area contributed by atoms with Crippen LogP contribution in [0.4, 0.5) is 5.82 Å². The molecule has 2 aromatic rings. The first-order valence-corrected chi connectivity index (χ1v) is 7.15. The summed E-state index contributed by atoms with van der Waals surface area (Å²) in [5.41, 5.74) is 1.99. The smallest absolute Gasteiger partial charge is 0.138 e. The Morgan fingerprint density at radius 2 is 2.10 bits per heavy atom. The molecule has 1 heterocycles. The normalized spacial score (nSPS) is 10.3. The molecular formula is C16H19ClN2O. The number of benzene rings is 1. The Morgan fingerprint density at radius 1 is 1.25 bits per heavy atom. The molecule has 0 atom stereocenters. The Kier molecular flexibility index (Phi) is 5.24. The van der Waals surface area contributed by atoms with Gasteiger partial charge < -0.3 is 10.1 Å². The summed E-state index contributed by atoms with van der Waals surface area (Å²) in [6, 6.07) is 11.6. The first kappa shape index (κ1) is 14.7. The summed E-state index contributed by atoms with van der Waals surface area (Å²) in [4.78, 5) is 4.49. The average Bonchev–Trinajstić information content (AvgIpc) is 2.45. The van der Waals surface area contributed by atoms with Gasteiger partial charge in [0, 0.05) is 6.54 Å². The van der Waals surface area contributed by atoms with Crippen molar-refractivity contribution in [1.29, 1.82) is 0 Å². The molecule has 0 unspecified atom stereocenters. The van der Waals surface area contributed by atoms with Crippen LogP contribution in [0.1, 0.15) is 24.6 Å². The van der Waals surface area contributed by atoms with E-state index in [1.54, 1.807) is 0 Å². The van der Waals surface area contributed by atoms with E-state index in [9.17, 15) is 0 Å². The van der Waals surface area contributed by atoms with Crippen molar-refractivity contribution in [2.45, 2.75) is 26.9 Å². The zero-order valence-corrected chi connectivity index (χ0v) is 12.6. The van der Waals surface area contributed by atoms with Gasteiger partial charge in [0.2, 0.25) is 0 Å². The Hall–Kier alpha value is -1.74. The van der Waals surface area contributed by atoms with Crippen molar-refractivity contribution in [2.75, 3.05) is 11.9 Å². The van der Waals surface area contributed by atoms with Crippen LogP contribution in [-0.4, -0.2) is 11.5 Å². The summed E-state index contributed by atoms with van der Waals surface area (Å²) in [7, 11) is 0. The predicted octanol–water partition coefficient (Wildman–Crippen LogP) is 4.44. The number of nitrogens with one attached hydrogen (secondary N) is 1. The topological polar surface area (TPSA) is 34.1 Å². The van der Waals surface area contributed by atoms with Crippen LogP contribution in [0.2, 0.25) is 5.02 Å². The molecule has 0 spiro atoms. The number of pyridine rings is 1. The highest BCUT2D eigenvalue weighted by atomic mass is 35.5. The van der Waals surface area contributed by atoms with E-state index in [1.807, 2.05) is 43.3 Å². The Morgan fingerprint density at radius 3 is 2.85 bits per heavy atom. The highest BCUT2D eigenvalue weighted by Crippen LogP contribution is 2.25. The molecule has 20 heavy (non-hydrogen) atoms. The highest BCUT2D eigenvalue weighted by molar-refractivity contribution is 6.32. The van der Waals surface area contributed by atoms with Crippen molar-refractivity contribution in [3.8, 4) is 5.75 Å². The van der Waals surface area contributed by atoms with Crippen LogP contribution in [0.15, 0.2) is 36.4 Å². The SMILES string of the molecule is CCCNc1cccc(COc2ccc(C)cc2Cl)n1. The molecule has 3 nitrogen and oxygen atoms in total. The molecule has 0 saturated carbocycles. The van der Waals surface area contributed by atoms with E-state index in [4.69, 9.17) is 16.3 Å². The number of nitrogens with zero attached hydrogens (tertiary/aromatic N) is 1. The van der Waals surface area contributed by atoms with Gasteiger partial charge in [-0.2, -0.15) is 0 Å². The van der Waals surface area contributed by atoms with Gasteiger partial charge in [0.05, 0.1) is 10.7 Å². The van der Waals surface area contributed by atoms with Crippen molar-refractivity contribution in [1.82, 2.24) is 4.98 Å². The lowest BCUT2D eigenvalue weighted by atomic mass is 10.2. The number of hydrogen-bond acceptors (Lipinski definition) is 3. The maximum Gasteiger partial charge on any atom is 0.138 e. The summed E-state index contributed by atoms with van der Waals surface area (Å²) in [5.74, 6) is 1.56. The second kappa shape index (κ2) is 7.15. The van der Waals surface area contributed by atoms with E-state index in [0.717, 1.165) is 30.0 Å². The van der Waals surface area contributed by atoms with Gasteiger partial charge in [-0.1, -0.05) is 30.7 Å². The van der Waals surface area contributed by atoms with Gasteiger partial charge in [-0.25, -0.2) is 4.98 Å². The monoisotopic (exact) mass is 290 g/mol. The quantitative estimate of drug-likeness (QED) is 0.854. The summed E-state index contributed by atoms with van der Waals surface area (Å²) in [6.45, 7) is 5.45. The molecular weight excluding hydrogens is 272 g/mol. The third-order valence-electron chi connectivity index (χ3n) is 2.83. The Bertz CT molecular complexity index is 572. The minimum atomic E-state index is 0.407. The predicted molar refractivity (Wildman–Crippen MR) is 83.5 cm³/mol. The van der Waals surface area contributed by atoms with Gasteiger partial charge in [0.25, 0.3) is 0 Å². The lowest BCUT2D eigenvalue weighted by Gasteiger charge is -2.09.